The second-order valence-electron chi connectivity index (χ2n) is 5.57. The lowest BCUT2D eigenvalue weighted by Gasteiger charge is -2.32. The summed E-state index contributed by atoms with van der Waals surface area (Å²) in [6, 6.07) is -0.328. The Kier molecular flexibility index (Phi) is 7.36. The largest absolute Gasteiger partial charge is 0.378 e. The molecule has 0 radical (unpaired) electrons. The molecular formula is C14H27N3O3. The fourth-order valence-corrected chi connectivity index (χ4v) is 2.10. The molecule has 0 aromatic heterocycles. The van der Waals surface area contributed by atoms with Gasteiger partial charge in [-0.3, -0.25) is 4.79 Å². The zero-order valence-corrected chi connectivity index (χ0v) is 12.8. The van der Waals surface area contributed by atoms with Gasteiger partial charge in [0, 0.05) is 26.7 Å². The minimum Gasteiger partial charge on any atom is -0.378 e. The van der Waals surface area contributed by atoms with Crippen LogP contribution in [0.15, 0.2) is 0 Å². The molecule has 0 saturated carbocycles. The van der Waals surface area contributed by atoms with E-state index in [2.05, 4.69) is 24.5 Å². The number of hydrogen-bond donors (Lipinski definition) is 2. The first-order chi connectivity index (χ1) is 9.52. The van der Waals surface area contributed by atoms with Crippen LogP contribution in [0.2, 0.25) is 0 Å². The van der Waals surface area contributed by atoms with Gasteiger partial charge >= 0.3 is 6.03 Å². The van der Waals surface area contributed by atoms with E-state index in [1.807, 2.05) is 0 Å². The first-order valence-corrected chi connectivity index (χ1v) is 7.38. The van der Waals surface area contributed by atoms with Crippen LogP contribution in [0.25, 0.3) is 0 Å². The van der Waals surface area contributed by atoms with Crippen LogP contribution in [0.1, 0.15) is 33.1 Å². The standard InChI is InChI=1S/C14H27N3O3/c1-11(2)6-9-20-12-4-7-17(8-5-12)13(18)10-16-14(19)15-3/h11-12H,4-10H2,1-3H3,(H2,15,16,19). The van der Waals surface area contributed by atoms with Gasteiger partial charge < -0.3 is 20.3 Å². The normalized spacial score (nSPS) is 16.3. The second-order valence-corrected chi connectivity index (χ2v) is 5.57. The summed E-state index contributed by atoms with van der Waals surface area (Å²) in [6.45, 7) is 6.64. The molecule has 0 spiro atoms. The number of likely N-dealkylation sites (tertiary alicyclic amines) is 1. The Morgan fingerprint density at radius 1 is 1.30 bits per heavy atom. The average Bonchev–Trinajstić information content (AvgIpc) is 2.44. The minimum atomic E-state index is -0.328. The number of carbonyl (C=O) groups excluding carboxylic acids is 2. The van der Waals surface area contributed by atoms with E-state index < -0.39 is 0 Å². The first-order valence-electron chi connectivity index (χ1n) is 7.38. The van der Waals surface area contributed by atoms with E-state index in [4.69, 9.17) is 4.74 Å². The number of nitrogens with zero attached hydrogens (tertiary/aromatic N) is 1. The number of rotatable bonds is 6. The van der Waals surface area contributed by atoms with Crippen molar-refractivity contribution in [1.82, 2.24) is 15.5 Å². The summed E-state index contributed by atoms with van der Waals surface area (Å²) in [5.74, 6) is 0.627. The average molecular weight is 285 g/mol. The molecule has 0 aliphatic carbocycles. The van der Waals surface area contributed by atoms with Crippen LogP contribution in [0.4, 0.5) is 4.79 Å². The predicted molar refractivity (Wildman–Crippen MR) is 77.5 cm³/mol. The second kappa shape index (κ2) is 8.79. The molecule has 0 unspecified atom stereocenters. The van der Waals surface area contributed by atoms with Gasteiger partial charge in [0.1, 0.15) is 0 Å². The Morgan fingerprint density at radius 2 is 1.95 bits per heavy atom. The summed E-state index contributed by atoms with van der Waals surface area (Å²) < 4.78 is 5.82. The fourth-order valence-electron chi connectivity index (χ4n) is 2.10. The SMILES string of the molecule is CNC(=O)NCC(=O)N1CCC(OCCC(C)C)CC1. The van der Waals surface area contributed by atoms with Crippen LogP contribution < -0.4 is 10.6 Å². The van der Waals surface area contributed by atoms with Gasteiger partial charge in [0.05, 0.1) is 12.6 Å². The summed E-state index contributed by atoms with van der Waals surface area (Å²) in [5, 5.41) is 4.94. The van der Waals surface area contributed by atoms with Crippen LogP contribution in [0, 0.1) is 5.92 Å². The monoisotopic (exact) mass is 285 g/mol. The molecule has 116 valence electrons. The zero-order chi connectivity index (χ0) is 15.0. The van der Waals surface area contributed by atoms with E-state index in [-0.39, 0.29) is 24.6 Å². The number of ether oxygens (including phenoxy) is 1. The molecule has 2 N–H and O–H groups in total. The molecule has 1 aliphatic rings. The highest BCUT2D eigenvalue weighted by Gasteiger charge is 2.23. The van der Waals surface area contributed by atoms with Gasteiger partial charge in [0.15, 0.2) is 0 Å². The molecule has 0 aromatic rings. The van der Waals surface area contributed by atoms with Crippen LogP contribution in [0.5, 0.6) is 0 Å². The highest BCUT2D eigenvalue weighted by Crippen LogP contribution is 2.14. The number of urea groups is 1. The maximum Gasteiger partial charge on any atom is 0.314 e. The summed E-state index contributed by atoms with van der Waals surface area (Å²) in [7, 11) is 1.53. The third-order valence-electron chi connectivity index (χ3n) is 3.47. The molecule has 3 amide bonds. The highest BCUT2D eigenvalue weighted by atomic mass is 16.5. The van der Waals surface area contributed by atoms with E-state index in [0.29, 0.717) is 19.0 Å². The van der Waals surface area contributed by atoms with Gasteiger partial charge in [-0.05, 0) is 25.2 Å². The molecule has 1 saturated heterocycles. The van der Waals surface area contributed by atoms with Gasteiger partial charge in [-0.1, -0.05) is 13.8 Å². The number of hydrogen-bond acceptors (Lipinski definition) is 3. The highest BCUT2D eigenvalue weighted by molar-refractivity contribution is 5.83. The van der Waals surface area contributed by atoms with Gasteiger partial charge in [-0.2, -0.15) is 0 Å². The van der Waals surface area contributed by atoms with Gasteiger partial charge in [0.2, 0.25) is 5.91 Å². The van der Waals surface area contributed by atoms with Crippen LogP contribution in [0.3, 0.4) is 0 Å². The Hall–Kier alpha value is -1.30. The molecule has 0 bridgehead atoms. The van der Waals surface area contributed by atoms with Gasteiger partial charge in [-0.25, -0.2) is 4.79 Å². The first kappa shape index (κ1) is 16.8. The quantitative estimate of drug-likeness (QED) is 0.764. The molecule has 1 fully saturated rings. The number of piperidine rings is 1. The summed E-state index contributed by atoms with van der Waals surface area (Å²) in [6.07, 6.45) is 3.10. The van der Waals surface area contributed by atoms with Crippen molar-refractivity contribution in [3.63, 3.8) is 0 Å². The van der Waals surface area contributed by atoms with Crippen LogP contribution in [-0.2, 0) is 9.53 Å². The molecule has 1 heterocycles. The smallest absolute Gasteiger partial charge is 0.314 e. The van der Waals surface area contributed by atoms with E-state index in [1.165, 1.54) is 7.05 Å². The van der Waals surface area contributed by atoms with Crippen molar-refractivity contribution in [2.45, 2.75) is 39.2 Å². The number of nitrogens with one attached hydrogen (secondary N) is 2. The predicted octanol–water partition coefficient (Wildman–Crippen LogP) is 0.969. The maximum absolute atomic E-state index is 11.9. The van der Waals surface area contributed by atoms with E-state index >= 15 is 0 Å². The Balaban J connectivity index is 2.17. The Morgan fingerprint density at radius 3 is 2.50 bits per heavy atom. The zero-order valence-electron chi connectivity index (χ0n) is 12.8. The van der Waals surface area contributed by atoms with Crippen molar-refractivity contribution in [1.29, 1.82) is 0 Å². The minimum absolute atomic E-state index is 0.0331. The molecular weight excluding hydrogens is 258 g/mol. The van der Waals surface area contributed by atoms with Crippen molar-refractivity contribution in [2.24, 2.45) is 5.92 Å². The maximum atomic E-state index is 11.9. The van der Waals surface area contributed by atoms with Crippen LogP contribution >= 0.6 is 0 Å². The topological polar surface area (TPSA) is 70.7 Å². The summed E-state index contributed by atoms with van der Waals surface area (Å²) >= 11 is 0. The van der Waals surface area contributed by atoms with E-state index in [0.717, 1.165) is 25.9 Å². The Labute approximate surface area is 121 Å². The summed E-state index contributed by atoms with van der Waals surface area (Å²) in [4.78, 5) is 24.7. The molecule has 6 heteroatoms. The van der Waals surface area contributed by atoms with Gasteiger partial charge in [-0.15, -0.1) is 0 Å². The third kappa shape index (κ3) is 6.23. The van der Waals surface area contributed by atoms with Gasteiger partial charge in [0.25, 0.3) is 0 Å². The van der Waals surface area contributed by atoms with Crippen molar-refractivity contribution < 1.29 is 14.3 Å². The van der Waals surface area contributed by atoms with Crippen molar-refractivity contribution in [2.75, 3.05) is 33.3 Å². The van der Waals surface area contributed by atoms with Crippen molar-refractivity contribution >= 4 is 11.9 Å². The van der Waals surface area contributed by atoms with Crippen molar-refractivity contribution in [3.05, 3.63) is 0 Å². The Bertz CT molecular complexity index is 313. The number of carbonyl (C=O) groups is 2. The van der Waals surface area contributed by atoms with E-state index in [1.54, 1.807) is 4.90 Å². The van der Waals surface area contributed by atoms with E-state index in [9.17, 15) is 9.59 Å². The fraction of sp³-hybridized carbons (Fsp3) is 0.857. The molecule has 6 nitrogen and oxygen atoms in total. The van der Waals surface area contributed by atoms with Crippen molar-refractivity contribution in [3.8, 4) is 0 Å². The lowest BCUT2D eigenvalue weighted by atomic mass is 10.1. The molecule has 0 aromatic carbocycles. The number of amides is 3. The lowest BCUT2D eigenvalue weighted by molar-refractivity contribution is -0.132. The molecule has 1 aliphatic heterocycles. The van der Waals surface area contributed by atoms with Crippen LogP contribution in [-0.4, -0.2) is 56.2 Å². The molecule has 1 rings (SSSR count). The molecule has 20 heavy (non-hydrogen) atoms. The lowest BCUT2D eigenvalue weighted by Crippen LogP contribution is -2.46. The third-order valence-corrected chi connectivity index (χ3v) is 3.47. The molecule has 0 atom stereocenters. The summed E-state index contributed by atoms with van der Waals surface area (Å²) in [5.41, 5.74) is 0.